The Morgan fingerprint density at radius 1 is 1.39 bits per heavy atom. The van der Waals surface area contributed by atoms with Crippen LogP contribution in [0.1, 0.15) is 17.5 Å². The van der Waals surface area contributed by atoms with Crippen molar-refractivity contribution in [2.45, 2.75) is 29.6 Å². The van der Waals surface area contributed by atoms with E-state index >= 15 is 0 Å². The number of amides is 2. The average Bonchev–Trinajstić information content (AvgIpc) is 3.20. The molecule has 2 aromatic rings. The fourth-order valence-electron chi connectivity index (χ4n) is 3.35. The number of hydrogen-bond acceptors (Lipinski definition) is 8. The second-order valence-electron chi connectivity index (χ2n) is 6.96. The Labute approximate surface area is 185 Å². The van der Waals surface area contributed by atoms with E-state index in [0.717, 1.165) is 0 Å². The van der Waals surface area contributed by atoms with Gasteiger partial charge in [-0.05, 0) is 18.1 Å². The number of rotatable bonds is 7. The first-order valence-corrected chi connectivity index (χ1v) is 11.4. The Balaban J connectivity index is 1.45. The van der Waals surface area contributed by atoms with Crippen LogP contribution < -0.4 is 5.32 Å². The molecule has 4 N–H and O–H groups in total. The Kier molecular flexibility index (Phi) is 6.03. The summed E-state index contributed by atoms with van der Waals surface area (Å²) in [6.07, 6.45) is -1.41. The Bertz CT molecular complexity index is 1060. The van der Waals surface area contributed by atoms with Crippen LogP contribution in [0.15, 0.2) is 46.8 Å². The van der Waals surface area contributed by atoms with Crippen molar-refractivity contribution >= 4 is 41.3 Å². The molecule has 2 aliphatic heterocycles. The summed E-state index contributed by atoms with van der Waals surface area (Å²) < 4.78 is 0. The molecule has 31 heavy (non-hydrogen) atoms. The van der Waals surface area contributed by atoms with Crippen LogP contribution in [-0.4, -0.2) is 71.0 Å². The summed E-state index contributed by atoms with van der Waals surface area (Å²) in [5.41, 5.74) is 0.929. The molecule has 0 bridgehead atoms. The predicted molar refractivity (Wildman–Crippen MR) is 113 cm³/mol. The van der Waals surface area contributed by atoms with E-state index in [1.165, 1.54) is 28.4 Å². The van der Waals surface area contributed by atoms with Gasteiger partial charge in [-0.1, -0.05) is 42.1 Å². The second-order valence-corrected chi connectivity index (χ2v) is 9.01. The number of aryl methyl sites for hydroxylation is 1. The van der Waals surface area contributed by atoms with Gasteiger partial charge in [0.1, 0.15) is 22.9 Å². The number of aliphatic hydroxyl groups is 1. The van der Waals surface area contributed by atoms with Gasteiger partial charge in [0.25, 0.3) is 11.8 Å². The van der Waals surface area contributed by atoms with Crippen LogP contribution in [0.5, 0.6) is 0 Å². The number of fused-ring (bicyclic) bond motifs is 1. The lowest BCUT2D eigenvalue weighted by atomic mass is 10.0. The van der Waals surface area contributed by atoms with Crippen molar-refractivity contribution in [3.8, 4) is 0 Å². The van der Waals surface area contributed by atoms with E-state index in [2.05, 4.69) is 20.5 Å². The molecule has 0 spiro atoms. The fraction of sp³-hybridized carbons (Fsp3) is 0.316. The van der Waals surface area contributed by atoms with Gasteiger partial charge in [-0.15, -0.1) is 16.9 Å². The van der Waals surface area contributed by atoms with Crippen LogP contribution in [-0.2, 0) is 14.4 Å². The normalized spacial score (nSPS) is 21.4. The summed E-state index contributed by atoms with van der Waals surface area (Å²) in [5, 5.41) is 29.2. The molecule has 3 heterocycles. The van der Waals surface area contributed by atoms with Gasteiger partial charge >= 0.3 is 5.97 Å². The van der Waals surface area contributed by atoms with Gasteiger partial charge in [0.15, 0.2) is 6.10 Å². The fourth-order valence-corrected chi connectivity index (χ4v) is 5.68. The van der Waals surface area contributed by atoms with E-state index in [9.17, 15) is 24.6 Å². The largest absolute Gasteiger partial charge is 0.477 e. The van der Waals surface area contributed by atoms with Gasteiger partial charge in [-0.3, -0.25) is 19.6 Å². The third-order valence-corrected chi connectivity index (χ3v) is 7.14. The van der Waals surface area contributed by atoms with Crippen LogP contribution in [0.4, 0.5) is 0 Å². The number of thioether (sulfide) groups is 2. The molecule has 2 amide bonds. The molecule has 3 atom stereocenters. The van der Waals surface area contributed by atoms with Crippen LogP contribution >= 0.6 is 23.5 Å². The average molecular weight is 462 g/mol. The number of aromatic amines is 1. The zero-order chi connectivity index (χ0) is 22.1. The highest BCUT2D eigenvalue weighted by Gasteiger charge is 2.54. The summed E-state index contributed by atoms with van der Waals surface area (Å²) in [6, 6.07) is 7.48. The Hall–Kier alpha value is -2.83. The van der Waals surface area contributed by atoms with Crippen molar-refractivity contribution in [3.63, 3.8) is 0 Å². The van der Waals surface area contributed by atoms with Crippen LogP contribution in [0.3, 0.4) is 0 Å². The Morgan fingerprint density at radius 3 is 2.77 bits per heavy atom. The maximum atomic E-state index is 12.7. The number of nitrogens with one attached hydrogen (secondary N) is 2. The number of nitrogens with zero attached hydrogens (tertiary/aromatic N) is 3. The van der Waals surface area contributed by atoms with Gasteiger partial charge in [0.05, 0.1) is 0 Å². The number of benzene rings is 1. The molecule has 1 aromatic heterocycles. The first-order chi connectivity index (χ1) is 14.9. The van der Waals surface area contributed by atoms with Gasteiger partial charge in [0, 0.05) is 11.5 Å². The van der Waals surface area contributed by atoms with Crippen molar-refractivity contribution in [2.75, 3.05) is 11.5 Å². The number of β-lactam (4-membered cyclic amide) rings is 1. The zero-order valence-electron chi connectivity index (χ0n) is 16.3. The number of aliphatic hydroxyl groups excluding tert-OH is 1. The van der Waals surface area contributed by atoms with Crippen molar-refractivity contribution in [1.82, 2.24) is 25.4 Å². The van der Waals surface area contributed by atoms with Crippen molar-refractivity contribution in [2.24, 2.45) is 0 Å². The number of aromatic nitrogens is 3. The number of carbonyl (C=O) groups is 3. The van der Waals surface area contributed by atoms with Gasteiger partial charge < -0.3 is 15.5 Å². The molecular weight excluding hydrogens is 442 g/mol. The van der Waals surface area contributed by atoms with Crippen molar-refractivity contribution in [3.05, 3.63) is 53.0 Å². The molecule has 0 radical (unpaired) electrons. The molecule has 2 aliphatic rings. The molecule has 10 nitrogen and oxygen atoms in total. The molecule has 1 aromatic carbocycles. The highest BCUT2D eigenvalue weighted by Crippen LogP contribution is 2.41. The van der Waals surface area contributed by atoms with E-state index in [1.807, 2.05) is 0 Å². The van der Waals surface area contributed by atoms with E-state index in [0.29, 0.717) is 33.6 Å². The summed E-state index contributed by atoms with van der Waals surface area (Å²) in [6.45, 7) is 1.77. The number of H-pyrrole nitrogens is 1. The zero-order valence-corrected chi connectivity index (χ0v) is 17.9. The predicted octanol–water partition coefficient (Wildman–Crippen LogP) is 0.677. The standard InChI is InChI=1S/C19H19N5O5S2/c1-9-20-19(23-22-9)31-8-11-7-30-17-12(16(27)24(17)13(11)18(28)29)21-15(26)14(25)10-5-3-2-4-6-10/h2-6,12,14,17,25H,7-8H2,1H3,(H,21,26)(H,28,29)(H,20,22,23)/t12?,14?,17-/m1/s1. The number of aliphatic carboxylic acids is 1. The minimum absolute atomic E-state index is 0.0670. The molecule has 4 rings (SSSR count). The van der Waals surface area contributed by atoms with Crippen molar-refractivity contribution < 1.29 is 24.6 Å². The van der Waals surface area contributed by atoms with E-state index < -0.39 is 35.3 Å². The molecule has 2 unspecified atom stereocenters. The first-order valence-electron chi connectivity index (χ1n) is 9.32. The molecular formula is C19H19N5O5S2. The number of carbonyl (C=O) groups excluding carboxylic acids is 2. The van der Waals surface area contributed by atoms with E-state index in [4.69, 9.17) is 0 Å². The SMILES string of the molecule is Cc1nc(SCC2=C(C(=O)O)N3C(=O)C(NC(=O)C(O)c4ccccc4)[C@H]3SC2)n[nH]1. The second kappa shape index (κ2) is 8.73. The quantitative estimate of drug-likeness (QED) is 0.345. The smallest absolute Gasteiger partial charge is 0.352 e. The van der Waals surface area contributed by atoms with E-state index in [-0.39, 0.29) is 5.70 Å². The number of carboxylic acids is 1. The number of carboxylic acid groups (broad SMARTS) is 1. The Morgan fingerprint density at radius 2 is 2.13 bits per heavy atom. The van der Waals surface area contributed by atoms with Crippen LogP contribution in [0.2, 0.25) is 0 Å². The molecule has 0 aliphatic carbocycles. The van der Waals surface area contributed by atoms with Crippen LogP contribution in [0.25, 0.3) is 0 Å². The molecule has 0 saturated carbocycles. The maximum absolute atomic E-state index is 12.7. The minimum atomic E-state index is -1.41. The third-order valence-electron chi connectivity index (χ3n) is 4.86. The molecule has 162 valence electrons. The summed E-state index contributed by atoms with van der Waals surface area (Å²) >= 11 is 2.65. The van der Waals surface area contributed by atoms with Crippen molar-refractivity contribution in [1.29, 1.82) is 0 Å². The van der Waals surface area contributed by atoms with Gasteiger partial charge in [0.2, 0.25) is 5.16 Å². The first kappa shape index (κ1) is 21.4. The van der Waals surface area contributed by atoms with Gasteiger partial charge in [-0.2, -0.15) is 0 Å². The molecule has 12 heteroatoms. The lowest BCUT2D eigenvalue weighted by molar-refractivity contribution is -0.151. The number of hydrogen-bond donors (Lipinski definition) is 4. The third kappa shape index (κ3) is 4.18. The van der Waals surface area contributed by atoms with Gasteiger partial charge in [-0.25, -0.2) is 9.78 Å². The summed E-state index contributed by atoms with van der Waals surface area (Å²) in [5.74, 6) is -1.05. The molecule has 1 fully saturated rings. The van der Waals surface area contributed by atoms with Crippen LogP contribution in [0, 0.1) is 6.92 Å². The lowest BCUT2D eigenvalue weighted by Crippen LogP contribution is -2.70. The monoisotopic (exact) mass is 461 g/mol. The van der Waals surface area contributed by atoms with E-state index in [1.54, 1.807) is 37.3 Å². The minimum Gasteiger partial charge on any atom is -0.477 e. The maximum Gasteiger partial charge on any atom is 0.352 e. The summed E-state index contributed by atoms with van der Waals surface area (Å²) in [7, 11) is 0. The summed E-state index contributed by atoms with van der Waals surface area (Å²) in [4.78, 5) is 42.4. The highest BCUT2D eigenvalue weighted by atomic mass is 32.2. The topological polar surface area (TPSA) is 149 Å². The lowest BCUT2D eigenvalue weighted by Gasteiger charge is -2.49. The molecule has 1 saturated heterocycles. The highest BCUT2D eigenvalue weighted by molar-refractivity contribution is 8.01.